The van der Waals surface area contributed by atoms with Crippen LogP contribution in [0.5, 0.6) is 5.88 Å². The molecule has 1 aliphatic heterocycles. The molecular formula is C23H27N5O2. The van der Waals surface area contributed by atoms with Crippen molar-refractivity contribution in [1.29, 1.82) is 0 Å². The van der Waals surface area contributed by atoms with Crippen LogP contribution in [-0.2, 0) is 6.67 Å². The van der Waals surface area contributed by atoms with E-state index in [1.54, 1.807) is 12.1 Å². The van der Waals surface area contributed by atoms with E-state index < -0.39 is 5.91 Å². The Hall–Kier alpha value is -3.19. The van der Waals surface area contributed by atoms with Gasteiger partial charge in [0.05, 0.1) is 12.2 Å². The second kappa shape index (κ2) is 8.67. The molecule has 1 saturated heterocycles. The monoisotopic (exact) mass is 405 g/mol. The number of amides is 1. The number of piperidine rings is 1. The van der Waals surface area contributed by atoms with Crippen molar-refractivity contribution in [2.45, 2.75) is 25.9 Å². The van der Waals surface area contributed by atoms with Crippen molar-refractivity contribution in [3.8, 4) is 5.88 Å². The van der Waals surface area contributed by atoms with Crippen LogP contribution in [0.3, 0.4) is 0 Å². The third-order valence-corrected chi connectivity index (χ3v) is 5.58. The van der Waals surface area contributed by atoms with Gasteiger partial charge in [0.25, 0.3) is 5.91 Å². The average Bonchev–Trinajstić information content (AvgIpc) is 3.04. The van der Waals surface area contributed by atoms with E-state index in [9.17, 15) is 9.90 Å². The van der Waals surface area contributed by atoms with Crippen LogP contribution in [0, 0.1) is 0 Å². The number of para-hydroxylation sites is 1. The summed E-state index contributed by atoms with van der Waals surface area (Å²) < 4.78 is 1.85. The standard InChI is InChI=1S/C23H27N5O2/c1-26(2)18-12-10-17(11-13-18)22(29)25-24-21-19-8-4-5-9-20(19)28(23(21)30)16-27-14-6-3-7-15-27/h4-5,8-13,30H,3,6-7,14-16H2,1-2H3. The molecule has 7 heteroatoms. The highest BCUT2D eigenvalue weighted by molar-refractivity contribution is 5.97. The van der Waals surface area contributed by atoms with Crippen molar-refractivity contribution < 1.29 is 9.90 Å². The number of aromatic hydroxyl groups is 1. The van der Waals surface area contributed by atoms with Gasteiger partial charge in [-0.15, -0.1) is 10.2 Å². The highest BCUT2D eigenvalue weighted by atomic mass is 16.3. The van der Waals surface area contributed by atoms with Gasteiger partial charge in [-0.1, -0.05) is 24.6 Å². The third kappa shape index (κ3) is 4.07. The Balaban J connectivity index is 1.62. The zero-order chi connectivity index (χ0) is 21.1. The Bertz CT molecular complexity index is 1060. The van der Waals surface area contributed by atoms with Crippen LogP contribution in [0.1, 0.15) is 29.6 Å². The first-order chi connectivity index (χ1) is 14.5. The number of azo groups is 1. The number of likely N-dealkylation sites (tertiary alicyclic amines) is 1. The summed E-state index contributed by atoms with van der Waals surface area (Å²) in [5, 5.41) is 19.7. The quantitative estimate of drug-likeness (QED) is 0.620. The van der Waals surface area contributed by atoms with E-state index in [0.717, 1.165) is 29.7 Å². The van der Waals surface area contributed by atoms with Crippen LogP contribution in [-0.4, -0.2) is 47.7 Å². The van der Waals surface area contributed by atoms with Crippen molar-refractivity contribution in [2.24, 2.45) is 10.2 Å². The Morgan fingerprint density at radius 2 is 1.73 bits per heavy atom. The van der Waals surface area contributed by atoms with Gasteiger partial charge in [0.2, 0.25) is 5.88 Å². The van der Waals surface area contributed by atoms with E-state index in [4.69, 9.17) is 0 Å². The number of hydrogen-bond donors (Lipinski definition) is 1. The number of anilines is 1. The second-order valence-corrected chi connectivity index (χ2v) is 7.88. The largest absolute Gasteiger partial charge is 0.493 e. The molecule has 1 N–H and O–H groups in total. The van der Waals surface area contributed by atoms with Crippen molar-refractivity contribution >= 4 is 28.2 Å². The van der Waals surface area contributed by atoms with Gasteiger partial charge in [-0.25, -0.2) is 0 Å². The molecule has 0 saturated carbocycles. The Labute approximate surface area is 176 Å². The lowest BCUT2D eigenvalue weighted by molar-refractivity contribution is 0.0995. The van der Waals surface area contributed by atoms with Gasteiger partial charge in [0, 0.05) is 30.7 Å². The molecule has 2 aromatic carbocycles. The van der Waals surface area contributed by atoms with Gasteiger partial charge in [0.15, 0.2) is 5.69 Å². The summed E-state index contributed by atoms with van der Waals surface area (Å²) in [5.41, 5.74) is 2.68. The summed E-state index contributed by atoms with van der Waals surface area (Å²) in [7, 11) is 3.89. The molecule has 1 amide bonds. The molecular weight excluding hydrogens is 378 g/mol. The highest BCUT2D eigenvalue weighted by Crippen LogP contribution is 2.39. The molecule has 0 atom stereocenters. The lowest BCUT2D eigenvalue weighted by atomic mass is 10.1. The van der Waals surface area contributed by atoms with E-state index in [-0.39, 0.29) is 5.88 Å². The number of fused-ring (bicyclic) bond motifs is 1. The number of benzene rings is 2. The minimum absolute atomic E-state index is 0.0429. The van der Waals surface area contributed by atoms with Crippen molar-refractivity contribution in [1.82, 2.24) is 9.47 Å². The van der Waals surface area contributed by atoms with Gasteiger partial charge < -0.3 is 10.0 Å². The predicted octanol–water partition coefficient (Wildman–Crippen LogP) is 4.78. The van der Waals surface area contributed by atoms with Crippen LogP contribution in [0.2, 0.25) is 0 Å². The molecule has 0 aliphatic carbocycles. The van der Waals surface area contributed by atoms with Gasteiger partial charge in [-0.2, -0.15) is 0 Å². The Kier molecular flexibility index (Phi) is 5.81. The minimum Gasteiger partial charge on any atom is -0.493 e. The first-order valence-electron chi connectivity index (χ1n) is 10.3. The molecule has 1 aliphatic rings. The number of nitrogens with zero attached hydrogens (tertiary/aromatic N) is 5. The maximum atomic E-state index is 12.5. The van der Waals surface area contributed by atoms with E-state index in [2.05, 4.69) is 15.1 Å². The van der Waals surface area contributed by atoms with Crippen LogP contribution in [0.15, 0.2) is 58.8 Å². The molecule has 30 heavy (non-hydrogen) atoms. The van der Waals surface area contributed by atoms with Gasteiger partial charge in [-0.05, 0) is 56.3 Å². The van der Waals surface area contributed by atoms with Crippen LogP contribution in [0.4, 0.5) is 11.4 Å². The first-order valence-corrected chi connectivity index (χ1v) is 10.3. The number of carbonyl (C=O) groups excluding carboxylic acids is 1. The van der Waals surface area contributed by atoms with E-state index in [0.29, 0.717) is 17.9 Å². The Morgan fingerprint density at radius 3 is 2.43 bits per heavy atom. The summed E-state index contributed by atoms with van der Waals surface area (Å²) in [6.07, 6.45) is 3.60. The number of aromatic nitrogens is 1. The van der Waals surface area contributed by atoms with Crippen LogP contribution >= 0.6 is 0 Å². The maximum absolute atomic E-state index is 12.5. The van der Waals surface area contributed by atoms with Crippen molar-refractivity contribution in [3.63, 3.8) is 0 Å². The molecule has 1 fully saturated rings. The molecule has 1 aromatic heterocycles. The Morgan fingerprint density at radius 1 is 1.03 bits per heavy atom. The number of carbonyl (C=O) groups is 1. The normalized spacial score (nSPS) is 15.1. The zero-order valence-electron chi connectivity index (χ0n) is 17.5. The lowest BCUT2D eigenvalue weighted by Crippen LogP contribution is -2.31. The molecule has 0 unspecified atom stereocenters. The van der Waals surface area contributed by atoms with Crippen molar-refractivity contribution in [2.75, 3.05) is 32.1 Å². The number of hydrogen-bond acceptors (Lipinski definition) is 5. The van der Waals surface area contributed by atoms with Crippen LogP contribution < -0.4 is 4.90 Å². The molecule has 3 aromatic rings. The van der Waals surface area contributed by atoms with E-state index >= 15 is 0 Å². The SMILES string of the molecule is CN(C)c1ccc(C(=O)N=Nc2c(O)n(CN3CCCCC3)c3ccccc23)cc1. The third-order valence-electron chi connectivity index (χ3n) is 5.58. The summed E-state index contributed by atoms with van der Waals surface area (Å²) in [6, 6.07) is 14.9. The van der Waals surface area contributed by atoms with Gasteiger partial charge >= 0.3 is 0 Å². The molecule has 2 heterocycles. The van der Waals surface area contributed by atoms with E-state index in [1.165, 1.54) is 19.3 Å². The molecule has 0 radical (unpaired) electrons. The minimum atomic E-state index is -0.437. The molecule has 7 nitrogen and oxygen atoms in total. The lowest BCUT2D eigenvalue weighted by Gasteiger charge is -2.27. The second-order valence-electron chi connectivity index (χ2n) is 7.88. The predicted molar refractivity (Wildman–Crippen MR) is 119 cm³/mol. The summed E-state index contributed by atoms with van der Waals surface area (Å²) in [5.74, 6) is -0.395. The molecule has 0 spiro atoms. The van der Waals surface area contributed by atoms with Gasteiger partial charge in [-0.3, -0.25) is 14.3 Å². The first kappa shape index (κ1) is 20.1. The summed E-state index contributed by atoms with van der Waals surface area (Å²) in [4.78, 5) is 16.8. The highest BCUT2D eigenvalue weighted by Gasteiger charge is 2.19. The fraction of sp³-hybridized carbons (Fsp3) is 0.348. The zero-order valence-corrected chi connectivity index (χ0v) is 17.5. The molecule has 4 rings (SSSR count). The topological polar surface area (TPSA) is 73.4 Å². The average molecular weight is 406 g/mol. The summed E-state index contributed by atoms with van der Waals surface area (Å²) >= 11 is 0. The molecule has 156 valence electrons. The maximum Gasteiger partial charge on any atom is 0.295 e. The van der Waals surface area contributed by atoms with Crippen LogP contribution in [0.25, 0.3) is 10.9 Å². The van der Waals surface area contributed by atoms with Gasteiger partial charge in [0.1, 0.15) is 0 Å². The fourth-order valence-electron chi connectivity index (χ4n) is 3.87. The molecule has 0 bridgehead atoms. The summed E-state index contributed by atoms with van der Waals surface area (Å²) in [6.45, 7) is 2.64. The van der Waals surface area contributed by atoms with E-state index in [1.807, 2.05) is 60.0 Å². The fourth-order valence-corrected chi connectivity index (χ4v) is 3.87. The smallest absolute Gasteiger partial charge is 0.295 e. The van der Waals surface area contributed by atoms with Crippen molar-refractivity contribution in [3.05, 3.63) is 54.1 Å². The number of rotatable bonds is 5.